The largest absolute Gasteiger partial charge is 0.755 e. The molecule has 21 heavy (non-hydrogen) atoms. The molecule has 0 aliphatic heterocycles. The molecule has 1 aromatic heterocycles. The van der Waals surface area contributed by atoms with E-state index in [0.29, 0.717) is 4.31 Å². The Balaban J connectivity index is 2.97. The van der Waals surface area contributed by atoms with Gasteiger partial charge in [-0.25, -0.2) is 9.78 Å². The molecule has 0 spiro atoms. The fourth-order valence-corrected chi connectivity index (χ4v) is 1.85. The normalized spacial score (nSPS) is 12.6. The topological polar surface area (TPSA) is 120 Å². The van der Waals surface area contributed by atoms with Crippen LogP contribution in [0.2, 0.25) is 0 Å². The van der Waals surface area contributed by atoms with Gasteiger partial charge >= 0.3 is 11.9 Å². The van der Waals surface area contributed by atoms with Crippen LogP contribution in [-0.4, -0.2) is 42.9 Å². The number of aromatic carboxylic acids is 1. The van der Waals surface area contributed by atoms with Gasteiger partial charge in [0.15, 0.2) is 0 Å². The van der Waals surface area contributed by atoms with Crippen LogP contribution in [0, 0.1) is 0 Å². The molecule has 9 heteroatoms. The Hall–Kier alpha value is -2.00. The molecule has 0 saturated heterocycles. The Labute approximate surface area is 124 Å². The van der Waals surface area contributed by atoms with E-state index in [1.54, 1.807) is 20.8 Å². The first-order chi connectivity index (χ1) is 9.60. The summed E-state index contributed by atoms with van der Waals surface area (Å²) >= 11 is -2.80. The first-order valence-corrected chi connectivity index (χ1v) is 6.91. The zero-order valence-electron chi connectivity index (χ0n) is 11.7. The first-order valence-electron chi connectivity index (χ1n) is 5.88. The van der Waals surface area contributed by atoms with Crippen LogP contribution in [0.1, 0.15) is 31.1 Å². The average Bonchev–Trinajstić information content (AvgIpc) is 2.33. The van der Waals surface area contributed by atoms with Gasteiger partial charge in [-0.3, -0.25) is 13.3 Å². The van der Waals surface area contributed by atoms with Crippen LogP contribution in [0.5, 0.6) is 0 Å². The Morgan fingerprint density at radius 2 is 2.10 bits per heavy atom. The minimum Gasteiger partial charge on any atom is -0.755 e. The van der Waals surface area contributed by atoms with E-state index in [-0.39, 0.29) is 11.4 Å². The zero-order chi connectivity index (χ0) is 16.2. The summed E-state index contributed by atoms with van der Waals surface area (Å²) in [5, 5.41) is 8.87. The van der Waals surface area contributed by atoms with Crippen LogP contribution in [0.3, 0.4) is 0 Å². The fourth-order valence-electron chi connectivity index (χ4n) is 1.39. The van der Waals surface area contributed by atoms with E-state index < -0.39 is 35.4 Å². The molecular formula is C12H15N2O6S-. The van der Waals surface area contributed by atoms with Gasteiger partial charge in [-0.2, -0.15) is 0 Å². The molecule has 1 aromatic rings. The monoisotopic (exact) mass is 315 g/mol. The molecule has 1 N–H and O–H groups in total. The first kappa shape index (κ1) is 17.1. The average molecular weight is 315 g/mol. The molecule has 0 aliphatic carbocycles. The number of aromatic nitrogens is 1. The van der Waals surface area contributed by atoms with Crippen molar-refractivity contribution in [2.45, 2.75) is 26.4 Å². The van der Waals surface area contributed by atoms with Crippen molar-refractivity contribution >= 4 is 29.0 Å². The minimum atomic E-state index is -2.80. The summed E-state index contributed by atoms with van der Waals surface area (Å²) in [6.07, 6.45) is 1.15. The van der Waals surface area contributed by atoms with E-state index >= 15 is 0 Å². The smallest absolute Gasteiger partial charge is 0.335 e. The number of carbonyl (C=O) groups is 2. The van der Waals surface area contributed by atoms with E-state index in [4.69, 9.17) is 9.84 Å². The number of carboxylic acids is 1. The van der Waals surface area contributed by atoms with Gasteiger partial charge in [0.05, 0.1) is 5.56 Å². The predicted molar refractivity (Wildman–Crippen MR) is 73.3 cm³/mol. The molecule has 1 atom stereocenters. The standard InChI is InChI=1S/C12H16N2O6S/c1-12(2,3)20-10(15)7-14(21(18)19)9-6-8(11(16)17)4-5-13-9/h4-6H,7H2,1-3H3,(H,16,17)(H,18,19)/p-1. The summed E-state index contributed by atoms with van der Waals surface area (Å²) in [6.45, 7) is 4.34. The molecule has 0 aliphatic rings. The maximum Gasteiger partial charge on any atom is 0.335 e. The third kappa shape index (κ3) is 5.48. The number of rotatable bonds is 5. The lowest BCUT2D eigenvalue weighted by Gasteiger charge is -2.26. The third-order valence-electron chi connectivity index (χ3n) is 2.12. The number of hydrogen-bond acceptors (Lipinski definition) is 6. The van der Waals surface area contributed by atoms with E-state index in [1.807, 2.05) is 0 Å². The second kappa shape index (κ2) is 6.64. The van der Waals surface area contributed by atoms with Crippen molar-refractivity contribution in [2.75, 3.05) is 10.8 Å². The van der Waals surface area contributed by atoms with Gasteiger partial charge < -0.3 is 14.4 Å². The summed E-state index contributed by atoms with van der Waals surface area (Å²) in [5.41, 5.74) is -0.900. The summed E-state index contributed by atoms with van der Waals surface area (Å²) < 4.78 is 28.1. The van der Waals surface area contributed by atoms with Crippen molar-refractivity contribution < 1.29 is 28.2 Å². The molecule has 0 fully saturated rings. The Morgan fingerprint density at radius 3 is 2.57 bits per heavy atom. The molecule has 116 valence electrons. The number of carbonyl (C=O) groups excluding carboxylic acids is 1. The molecule has 0 radical (unpaired) electrons. The number of carboxylic acid groups (broad SMARTS) is 1. The van der Waals surface area contributed by atoms with Gasteiger partial charge in [-0.15, -0.1) is 0 Å². The Kier molecular flexibility index (Phi) is 5.39. The molecule has 1 unspecified atom stereocenters. The highest BCUT2D eigenvalue weighted by molar-refractivity contribution is 7.80. The quantitative estimate of drug-likeness (QED) is 0.628. The predicted octanol–water partition coefficient (Wildman–Crippen LogP) is 0.722. The Bertz CT molecular complexity index is 569. The molecule has 0 aromatic carbocycles. The van der Waals surface area contributed by atoms with Crippen molar-refractivity contribution in [3.8, 4) is 0 Å². The molecule has 0 bridgehead atoms. The van der Waals surface area contributed by atoms with Crippen LogP contribution in [0.4, 0.5) is 5.82 Å². The minimum absolute atomic E-state index is 0.139. The van der Waals surface area contributed by atoms with Crippen molar-refractivity contribution in [2.24, 2.45) is 0 Å². The van der Waals surface area contributed by atoms with Gasteiger partial charge in [0.25, 0.3) is 0 Å². The highest BCUT2D eigenvalue weighted by Crippen LogP contribution is 2.15. The number of pyridine rings is 1. The fraction of sp³-hybridized carbons (Fsp3) is 0.417. The van der Waals surface area contributed by atoms with Gasteiger partial charge in [0, 0.05) is 17.5 Å². The lowest BCUT2D eigenvalue weighted by atomic mass is 10.2. The maximum atomic E-state index is 11.7. The molecule has 1 rings (SSSR count). The summed E-state index contributed by atoms with van der Waals surface area (Å²) in [7, 11) is 0. The highest BCUT2D eigenvalue weighted by atomic mass is 32.2. The van der Waals surface area contributed by atoms with E-state index in [0.717, 1.165) is 12.3 Å². The number of esters is 1. The second-order valence-corrected chi connectivity index (χ2v) is 5.92. The summed E-state index contributed by atoms with van der Waals surface area (Å²) in [5.74, 6) is -2.17. The number of hydrogen-bond donors (Lipinski definition) is 1. The van der Waals surface area contributed by atoms with E-state index in [1.165, 1.54) is 6.07 Å². The maximum absolute atomic E-state index is 11.7. The second-order valence-electron chi connectivity index (χ2n) is 5.05. The van der Waals surface area contributed by atoms with Gasteiger partial charge in [-0.05, 0) is 32.9 Å². The van der Waals surface area contributed by atoms with Crippen LogP contribution in [0.25, 0.3) is 0 Å². The molecule has 8 nitrogen and oxygen atoms in total. The molecule has 1 heterocycles. The number of ether oxygens (including phenoxy) is 1. The van der Waals surface area contributed by atoms with E-state index in [2.05, 4.69) is 4.98 Å². The van der Waals surface area contributed by atoms with Crippen molar-refractivity contribution in [1.82, 2.24) is 4.98 Å². The van der Waals surface area contributed by atoms with Crippen LogP contribution in [0.15, 0.2) is 18.3 Å². The highest BCUT2D eigenvalue weighted by Gasteiger charge is 2.21. The van der Waals surface area contributed by atoms with Crippen LogP contribution >= 0.6 is 0 Å². The van der Waals surface area contributed by atoms with Crippen LogP contribution in [-0.2, 0) is 20.8 Å². The van der Waals surface area contributed by atoms with E-state index in [9.17, 15) is 18.4 Å². The third-order valence-corrected chi connectivity index (χ3v) is 2.80. The van der Waals surface area contributed by atoms with Gasteiger partial charge in [-0.1, -0.05) is 0 Å². The molecule has 0 amide bonds. The SMILES string of the molecule is CC(C)(C)OC(=O)CN(c1cc(C(=O)O)ccn1)S(=O)[O-]. The molecular weight excluding hydrogens is 300 g/mol. The number of anilines is 1. The van der Waals surface area contributed by atoms with Crippen molar-refractivity contribution in [1.29, 1.82) is 0 Å². The molecule has 0 saturated carbocycles. The summed E-state index contributed by atoms with van der Waals surface area (Å²) in [4.78, 5) is 26.3. The number of nitrogens with zero attached hydrogens (tertiary/aromatic N) is 2. The summed E-state index contributed by atoms with van der Waals surface area (Å²) in [6, 6.07) is 2.27. The zero-order valence-corrected chi connectivity index (χ0v) is 12.5. The van der Waals surface area contributed by atoms with Gasteiger partial charge in [0.1, 0.15) is 18.0 Å². The lowest BCUT2D eigenvalue weighted by molar-refractivity contribution is -0.152. The Morgan fingerprint density at radius 1 is 1.48 bits per heavy atom. The van der Waals surface area contributed by atoms with Crippen molar-refractivity contribution in [3.05, 3.63) is 23.9 Å². The van der Waals surface area contributed by atoms with Gasteiger partial charge in [0.2, 0.25) is 0 Å². The van der Waals surface area contributed by atoms with Crippen molar-refractivity contribution in [3.63, 3.8) is 0 Å². The lowest BCUT2D eigenvalue weighted by Crippen LogP contribution is -2.36. The van der Waals surface area contributed by atoms with Crippen LogP contribution < -0.4 is 4.31 Å².